The number of fused-ring (bicyclic) bond motifs is 1. The van der Waals surface area contributed by atoms with E-state index in [2.05, 4.69) is 20.3 Å². The minimum Gasteiger partial charge on any atom is -0.497 e. The highest BCUT2D eigenvalue weighted by atomic mass is 16.6. The lowest BCUT2D eigenvalue weighted by Gasteiger charge is -2.16. The molecule has 160 valence electrons. The maximum Gasteiger partial charge on any atom is 0.167 e. The first-order valence-corrected chi connectivity index (χ1v) is 9.31. The normalized spacial score (nSPS) is 23.6. The van der Waals surface area contributed by atoms with Crippen LogP contribution >= 0.6 is 0 Å². The summed E-state index contributed by atoms with van der Waals surface area (Å²) in [6.45, 7) is 0.0214. The first-order chi connectivity index (χ1) is 14.5. The first-order valence-electron chi connectivity index (χ1n) is 9.31. The average molecular weight is 417 g/mol. The molecule has 4 rings (SSSR count). The lowest BCUT2D eigenvalue weighted by atomic mass is 10.1. The molecule has 0 saturated carbocycles. The molecule has 0 bridgehead atoms. The van der Waals surface area contributed by atoms with Gasteiger partial charge in [0.05, 0.1) is 27.2 Å². The lowest BCUT2D eigenvalue weighted by molar-refractivity contribution is -0.0511. The fraction of sp³-hybridized carbons (Fsp3) is 0.421. The van der Waals surface area contributed by atoms with Crippen molar-refractivity contribution >= 4 is 17.0 Å². The summed E-state index contributed by atoms with van der Waals surface area (Å²) in [7, 11) is 3.18. The molecule has 3 aromatic rings. The highest BCUT2D eigenvalue weighted by Crippen LogP contribution is 2.32. The molecule has 3 heterocycles. The van der Waals surface area contributed by atoms with Crippen molar-refractivity contribution in [2.75, 3.05) is 26.1 Å². The number of anilines is 1. The molecule has 2 aromatic heterocycles. The van der Waals surface area contributed by atoms with Crippen LogP contribution in [0.2, 0.25) is 0 Å². The number of aliphatic hydroxyl groups excluding tert-OH is 3. The van der Waals surface area contributed by atoms with Gasteiger partial charge in [-0.05, 0) is 17.7 Å². The molecule has 0 aliphatic carbocycles. The fourth-order valence-electron chi connectivity index (χ4n) is 3.43. The van der Waals surface area contributed by atoms with Gasteiger partial charge >= 0.3 is 0 Å². The molecule has 1 aliphatic rings. The number of nitrogens with one attached hydrogen (secondary N) is 1. The van der Waals surface area contributed by atoms with Crippen LogP contribution < -0.4 is 14.8 Å². The number of hydrogen-bond acceptors (Lipinski definition) is 10. The summed E-state index contributed by atoms with van der Waals surface area (Å²) in [4.78, 5) is 12.8. The van der Waals surface area contributed by atoms with Crippen LogP contribution in [0.4, 0.5) is 5.82 Å². The molecule has 1 aromatic carbocycles. The van der Waals surface area contributed by atoms with Crippen molar-refractivity contribution in [2.24, 2.45) is 0 Å². The van der Waals surface area contributed by atoms with E-state index < -0.39 is 31.1 Å². The van der Waals surface area contributed by atoms with E-state index in [0.717, 1.165) is 5.56 Å². The highest BCUT2D eigenvalue weighted by Gasteiger charge is 2.44. The summed E-state index contributed by atoms with van der Waals surface area (Å²) >= 11 is 0. The lowest BCUT2D eigenvalue weighted by Crippen LogP contribution is -2.33. The van der Waals surface area contributed by atoms with E-state index in [9.17, 15) is 15.3 Å². The second-order valence-electron chi connectivity index (χ2n) is 6.85. The summed E-state index contributed by atoms with van der Waals surface area (Å²) in [6.07, 6.45) is -1.41. The number of aliphatic hydroxyl groups is 3. The number of methoxy groups -OCH3 is 2. The third-order valence-electron chi connectivity index (χ3n) is 5.02. The monoisotopic (exact) mass is 417 g/mol. The van der Waals surface area contributed by atoms with Crippen LogP contribution in [-0.4, -0.2) is 74.0 Å². The number of rotatable bonds is 7. The van der Waals surface area contributed by atoms with Gasteiger partial charge < -0.3 is 34.8 Å². The van der Waals surface area contributed by atoms with Crippen molar-refractivity contribution in [1.82, 2.24) is 19.5 Å². The molecule has 0 spiro atoms. The predicted octanol–water partition coefficient (Wildman–Crippen LogP) is 0.0671. The molecule has 0 radical (unpaired) electrons. The zero-order valence-electron chi connectivity index (χ0n) is 16.5. The van der Waals surface area contributed by atoms with Crippen molar-refractivity contribution in [1.29, 1.82) is 0 Å². The van der Waals surface area contributed by atoms with Crippen molar-refractivity contribution < 1.29 is 29.5 Å². The van der Waals surface area contributed by atoms with Gasteiger partial charge in [-0.15, -0.1) is 0 Å². The van der Waals surface area contributed by atoms with Gasteiger partial charge in [0.25, 0.3) is 0 Å². The topological polar surface area (TPSA) is 144 Å². The Bertz CT molecular complexity index is 1010. The van der Waals surface area contributed by atoms with E-state index in [4.69, 9.17) is 14.2 Å². The summed E-state index contributed by atoms with van der Waals surface area (Å²) in [6, 6.07) is 5.55. The van der Waals surface area contributed by atoms with Crippen LogP contribution in [0.3, 0.4) is 0 Å². The van der Waals surface area contributed by atoms with Gasteiger partial charge in [0.15, 0.2) is 23.2 Å². The van der Waals surface area contributed by atoms with E-state index in [-0.39, 0.29) is 0 Å². The van der Waals surface area contributed by atoms with Gasteiger partial charge in [-0.3, -0.25) is 4.57 Å². The number of benzene rings is 1. The molecule has 1 fully saturated rings. The smallest absolute Gasteiger partial charge is 0.167 e. The molecule has 0 amide bonds. The van der Waals surface area contributed by atoms with Gasteiger partial charge in [0.1, 0.15) is 36.1 Å². The molecule has 30 heavy (non-hydrogen) atoms. The number of nitrogens with zero attached hydrogens (tertiary/aromatic N) is 4. The number of ether oxygens (including phenoxy) is 3. The van der Waals surface area contributed by atoms with E-state index in [1.165, 1.54) is 17.2 Å². The Morgan fingerprint density at radius 1 is 1.07 bits per heavy atom. The Balaban J connectivity index is 1.59. The summed E-state index contributed by atoms with van der Waals surface area (Å²) in [5.41, 5.74) is 1.82. The third kappa shape index (κ3) is 3.63. The predicted molar refractivity (Wildman–Crippen MR) is 105 cm³/mol. The van der Waals surface area contributed by atoms with Crippen LogP contribution in [0, 0.1) is 0 Å². The molecular formula is C19H23N5O6. The minimum absolute atomic E-state index is 0.410. The number of aromatic nitrogens is 4. The summed E-state index contributed by atoms with van der Waals surface area (Å²) in [5, 5.41) is 32.8. The van der Waals surface area contributed by atoms with Crippen LogP contribution in [0.5, 0.6) is 11.5 Å². The van der Waals surface area contributed by atoms with Crippen molar-refractivity contribution in [2.45, 2.75) is 31.1 Å². The Kier molecular flexibility index (Phi) is 5.68. The number of hydrogen-bond donors (Lipinski definition) is 4. The quantitative estimate of drug-likeness (QED) is 0.417. The summed E-state index contributed by atoms with van der Waals surface area (Å²) < 4.78 is 17.7. The standard InChI is InChI=1S/C19H23N5O6/c1-28-11-3-10(4-12(5-11)29-2)6-20-17-14-18(22-8-21-17)24(9-23-14)19-16(27)15(26)13(7-25)30-19/h3-5,8-9,13,15-16,19,25-27H,6-7H2,1-2H3,(H,20,21,22)/t13-,15-,16-,19-/m1/s1. The zero-order valence-corrected chi connectivity index (χ0v) is 16.5. The van der Waals surface area contributed by atoms with Crippen LogP contribution in [-0.2, 0) is 11.3 Å². The van der Waals surface area contributed by atoms with Crippen LogP contribution in [0.15, 0.2) is 30.9 Å². The van der Waals surface area contributed by atoms with Gasteiger partial charge in [-0.25, -0.2) is 15.0 Å². The SMILES string of the molecule is COc1cc(CNc2ncnc3c2ncn3[C@@H]2O[C@H](CO)[C@@H](O)[C@H]2O)cc(OC)c1. The van der Waals surface area contributed by atoms with Gasteiger partial charge in [0, 0.05) is 12.6 Å². The molecule has 11 nitrogen and oxygen atoms in total. The molecule has 1 aliphatic heterocycles. The highest BCUT2D eigenvalue weighted by molar-refractivity contribution is 5.82. The largest absolute Gasteiger partial charge is 0.497 e. The molecule has 4 N–H and O–H groups in total. The Morgan fingerprint density at radius 2 is 1.80 bits per heavy atom. The minimum atomic E-state index is -1.23. The van der Waals surface area contributed by atoms with Gasteiger partial charge in [-0.2, -0.15) is 0 Å². The Morgan fingerprint density at radius 3 is 2.43 bits per heavy atom. The maximum atomic E-state index is 10.3. The number of imidazole rings is 1. The van der Waals surface area contributed by atoms with Gasteiger partial charge in [-0.1, -0.05) is 0 Å². The van der Waals surface area contributed by atoms with Crippen LogP contribution in [0.1, 0.15) is 11.8 Å². The first kappa shape index (κ1) is 20.3. The van der Waals surface area contributed by atoms with Crippen LogP contribution in [0.25, 0.3) is 11.2 Å². The molecule has 11 heteroatoms. The van der Waals surface area contributed by atoms with Gasteiger partial charge in [0.2, 0.25) is 0 Å². The fourth-order valence-corrected chi connectivity index (χ4v) is 3.43. The Hall–Kier alpha value is -2.99. The summed E-state index contributed by atoms with van der Waals surface area (Å²) in [5.74, 6) is 1.84. The second-order valence-corrected chi connectivity index (χ2v) is 6.85. The van der Waals surface area contributed by atoms with E-state index >= 15 is 0 Å². The molecular weight excluding hydrogens is 394 g/mol. The second kappa shape index (κ2) is 8.40. The van der Waals surface area contributed by atoms with Crippen molar-refractivity contribution in [3.63, 3.8) is 0 Å². The molecule has 4 atom stereocenters. The molecule has 0 unspecified atom stereocenters. The van der Waals surface area contributed by atoms with E-state index in [1.807, 2.05) is 12.1 Å². The Labute approximate surface area is 171 Å². The molecule has 1 saturated heterocycles. The van der Waals surface area contributed by atoms with Crippen molar-refractivity contribution in [3.05, 3.63) is 36.4 Å². The maximum absolute atomic E-state index is 10.3. The van der Waals surface area contributed by atoms with E-state index in [1.54, 1.807) is 20.3 Å². The van der Waals surface area contributed by atoms with E-state index in [0.29, 0.717) is 35.0 Å². The zero-order chi connectivity index (χ0) is 21.3. The average Bonchev–Trinajstić information content (AvgIpc) is 3.33. The third-order valence-corrected chi connectivity index (χ3v) is 5.02. The van der Waals surface area contributed by atoms with Crippen molar-refractivity contribution in [3.8, 4) is 11.5 Å².